The Balaban J connectivity index is -0.0000000178. The smallest absolute Gasteiger partial charge is 1.00 e. The summed E-state index contributed by atoms with van der Waals surface area (Å²) in [6.45, 7) is 0. The van der Waals surface area contributed by atoms with Crippen LogP contribution in [0.3, 0.4) is 0 Å². The van der Waals surface area contributed by atoms with Gasteiger partial charge in [0.15, 0.2) is 0 Å². The van der Waals surface area contributed by atoms with Gasteiger partial charge in [-0.15, -0.1) is 0 Å². The molecule has 0 fully saturated rings. The molecular weight excluding hydrogens is 252 g/mol. The van der Waals surface area contributed by atoms with Crippen LogP contribution in [0.5, 0.6) is 0 Å². The average Bonchev–Trinajstić information content (AvgIpc) is 1.12. The molecule has 8 nitrogen and oxygen atoms in total. The molecule has 12 heavy (non-hydrogen) atoms. The molecular formula is H8KNaO8P2. The quantitative estimate of drug-likeness (QED) is 0.185. The van der Waals surface area contributed by atoms with Gasteiger partial charge < -0.3 is 32.2 Å². The molecule has 0 aliphatic heterocycles. The van der Waals surface area contributed by atoms with E-state index in [9.17, 15) is 0 Å². The van der Waals surface area contributed by atoms with Crippen molar-refractivity contribution in [2.24, 2.45) is 0 Å². The molecule has 0 spiro atoms. The molecule has 0 amide bonds. The van der Waals surface area contributed by atoms with E-state index in [0.717, 1.165) is 0 Å². The molecule has 0 saturated carbocycles. The van der Waals surface area contributed by atoms with Gasteiger partial charge in [-0.05, 0) is 0 Å². The van der Waals surface area contributed by atoms with E-state index in [0.29, 0.717) is 0 Å². The van der Waals surface area contributed by atoms with Crippen molar-refractivity contribution in [3.63, 3.8) is 0 Å². The van der Waals surface area contributed by atoms with Crippen molar-refractivity contribution in [1.29, 1.82) is 0 Å². The zero-order valence-electron chi connectivity index (χ0n) is 8.39. The standard InChI is InChI=1S/K.Na.2H3O4P.2H/c;;2*1-5(2,3)4;;/h;;2*(H3,1,2,3,4);;/q2*+1;;;2*-1. The van der Waals surface area contributed by atoms with Crippen molar-refractivity contribution >= 4 is 15.6 Å². The predicted molar refractivity (Wildman–Crippen MR) is 30.7 cm³/mol. The van der Waals surface area contributed by atoms with Crippen molar-refractivity contribution in [2.75, 3.05) is 0 Å². The Kier molecular flexibility index (Phi) is 20.9. The predicted octanol–water partition coefficient (Wildman–Crippen LogP) is -7.62. The van der Waals surface area contributed by atoms with Gasteiger partial charge in [0, 0.05) is 0 Å². The Bertz CT molecular complexity index is 138. The van der Waals surface area contributed by atoms with E-state index in [1.165, 1.54) is 0 Å². The van der Waals surface area contributed by atoms with E-state index < -0.39 is 15.6 Å². The third-order valence-corrected chi connectivity index (χ3v) is 0. The summed E-state index contributed by atoms with van der Waals surface area (Å²) in [5.74, 6) is 0. The second kappa shape index (κ2) is 10.4. The Hall–Kier alpha value is 2.86. The molecule has 68 valence electrons. The zero-order valence-corrected chi connectivity index (χ0v) is 13.3. The molecule has 0 aromatic carbocycles. The molecule has 0 aromatic heterocycles. The summed E-state index contributed by atoms with van der Waals surface area (Å²) in [6.07, 6.45) is 0. The topological polar surface area (TPSA) is 156 Å². The van der Waals surface area contributed by atoms with Crippen molar-refractivity contribution in [1.82, 2.24) is 0 Å². The van der Waals surface area contributed by atoms with Crippen LogP contribution in [0.25, 0.3) is 0 Å². The van der Waals surface area contributed by atoms with Gasteiger partial charge in [-0.3, -0.25) is 0 Å². The summed E-state index contributed by atoms with van der Waals surface area (Å²) in [4.78, 5) is 43.1. The monoisotopic (exact) mass is 260 g/mol. The van der Waals surface area contributed by atoms with Crippen LogP contribution >= 0.6 is 15.6 Å². The zero-order chi connectivity index (χ0) is 9.00. The first-order valence-electron chi connectivity index (χ1n) is 1.57. The van der Waals surface area contributed by atoms with Crippen LogP contribution in [0.2, 0.25) is 0 Å². The summed E-state index contributed by atoms with van der Waals surface area (Å²) >= 11 is 0. The molecule has 0 bridgehead atoms. The molecule has 0 heterocycles. The summed E-state index contributed by atoms with van der Waals surface area (Å²) in [7, 11) is -9.28. The van der Waals surface area contributed by atoms with Crippen molar-refractivity contribution in [3.05, 3.63) is 0 Å². The largest absolute Gasteiger partial charge is 1.00 e. The van der Waals surface area contributed by atoms with Crippen molar-refractivity contribution in [3.8, 4) is 0 Å². The number of phosphoric acid groups is 2. The van der Waals surface area contributed by atoms with Gasteiger partial charge in [0.1, 0.15) is 0 Å². The maximum Gasteiger partial charge on any atom is 1.00 e. The SMILES string of the molecule is O=P(O)(O)O.O=P(O)(O)O.[H-].[H-].[K+].[Na+]. The molecule has 0 saturated heterocycles. The average molecular weight is 260 g/mol. The van der Waals surface area contributed by atoms with E-state index >= 15 is 0 Å². The molecule has 0 radical (unpaired) electrons. The third-order valence-electron chi connectivity index (χ3n) is 0. The number of hydrogen-bond acceptors (Lipinski definition) is 2. The third kappa shape index (κ3) is 222. The van der Waals surface area contributed by atoms with E-state index in [-0.39, 0.29) is 83.8 Å². The van der Waals surface area contributed by atoms with Crippen LogP contribution in [0.4, 0.5) is 0 Å². The Morgan fingerprint density at radius 2 is 0.750 bits per heavy atom. The molecule has 0 aromatic rings. The van der Waals surface area contributed by atoms with Crippen molar-refractivity contribution in [2.45, 2.75) is 0 Å². The van der Waals surface area contributed by atoms with E-state index in [1.807, 2.05) is 0 Å². The van der Waals surface area contributed by atoms with E-state index in [4.69, 9.17) is 38.5 Å². The fraction of sp³-hybridized carbons (Fsp3) is 0. The number of rotatable bonds is 0. The maximum absolute atomic E-state index is 8.88. The van der Waals surface area contributed by atoms with E-state index in [2.05, 4.69) is 0 Å². The Labute approximate surface area is 136 Å². The first-order chi connectivity index (χ1) is 4.00. The van der Waals surface area contributed by atoms with Gasteiger partial charge in [0.25, 0.3) is 0 Å². The number of hydrogen-bond donors (Lipinski definition) is 6. The first-order valence-corrected chi connectivity index (χ1v) is 4.70. The molecule has 0 aliphatic rings. The molecule has 0 unspecified atom stereocenters. The fourth-order valence-electron chi connectivity index (χ4n) is 0. The van der Waals surface area contributed by atoms with Gasteiger partial charge >= 0.3 is 96.6 Å². The molecule has 0 aliphatic carbocycles. The second-order valence-electron chi connectivity index (χ2n) is 1.03. The molecule has 0 atom stereocenters. The minimum absolute atomic E-state index is 0. The van der Waals surface area contributed by atoms with Gasteiger partial charge in [0.2, 0.25) is 0 Å². The Morgan fingerprint density at radius 1 is 0.750 bits per heavy atom. The van der Waals surface area contributed by atoms with Gasteiger partial charge in [0.05, 0.1) is 0 Å². The second-order valence-corrected chi connectivity index (χ2v) is 3.08. The minimum Gasteiger partial charge on any atom is -1.00 e. The van der Waals surface area contributed by atoms with Gasteiger partial charge in [-0.25, -0.2) is 9.13 Å². The minimum atomic E-state index is -4.64. The fourth-order valence-corrected chi connectivity index (χ4v) is 0. The van der Waals surface area contributed by atoms with Crippen LogP contribution in [0.1, 0.15) is 2.85 Å². The summed E-state index contributed by atoms with van der Waals surface area (Å²) < 4.78 is 17.8. The van der Waals surface area contributed by atoms with Crippen LogP contribution in [0, 0.1) is 0 Å². The van der Waals surface area contributed by atoms with Crippen LogP contribution < -0.4 is 80.9 Å². The van der Waals surface area contributed by atoms with Crippen molar-refractivity contribution < 1.29 is 122 Å². The summed E-state index contributed by atoms with van der Waals surface area (Å²) in [5, 5.41) is 0. The van der Waals surface area contributed by atoms with Gasteiger partial charge in [-0.2, -0.15) is 0 Å². The van der Waals surface area contributed by atoms with Crippen LogP contribution in [0.15, 0.2) is 0 Å². The van der Waals surface area contributed by atoms with E-state index in [1.54, 1.807) is 0 Å². The molecule has 6 N–H and O–H groups in total. The molecule has 0 rings (SSSR count). The normalized spacial score (nSPS) is 9.83. The Morgan fingerprint density at radius 3 is 0.750 bits per heavy atom. The first kappa shape index (κ1) is 24.2. The van der Waals surface area contributed by atoms with Crippen LogP contribution in [-0.4, -0.2) is 29.4 Å². The van der Waals surface area contributed by atoms with Crippen LogP contribution in [-0.2, 0) is 9.13 Å². The summed E-state index contributed by atoms with van der Waals surface area (Å²) in [6, 6.07) is 0. The molecule has 12 heteroatoms. The summed E-state index contributed by atoms with van der Waals surface area (Å²) in [5.41, 5.74) is 0. The maximum atomic E-state index is 8.88. The van der Waals surface area contributed by atoms with Gasteiger partial charge in [-0.1, -0.05) is 0 Å².